The zero-order valence-corrected chi connectivity index (χ0v) is 11.3. The summed E-state index contributed by atoms with van der Waals surface area (Å²) >= 11 is 0. The first-order chi connectivity index (χ1) is 9.54. The number of rotatable bonds is 4. The van der Waals surface area contributed by atoms with Crippen molar-refractivity contribution < 1.29 is 19.4 Å². The van der Waals surface area contributed by atoms with E-state index in [-0.39, 0.29) is 5.91 Å². The lowest BCUT2D eigenvalue weighted by atomic mass is 10.1. The van der Waals surface area contributed by atoms with Gasteiger partial charge in [-0.15, -0.1) is 0 Å². The Hall–Kier alpha value is -1.92. The second-order valence-corrected chi connectivity index (χ2v) is 4.81. The van der Waals surface area contributed by atoms with Crippen LogP contribution >= 0.6 is 0 Å². The van der Waals surface area contributed by atoms with Crippen molar-refractivity contribution in [2.24, 2.45) is 0 Å². The summed E-state index contributed by atoms with van der Waals surface area (Å²) in [6.07, 6.45) is -0.748. The topological polar surface area (TPSA) is 78.9 Å². The Morgan fingerprint density at radius 1 is 1.40 bits per heavy atom. The summed E-state index contributed by atoms with van der Waals surface area (Å²) in [6, 6.07) is 7.53. The summed E-state index contributed by atoms with van der Waals surface area (Å²) in [6.45, 7) is 3.68. The van der Waals surface area contributed by atoms with Gasteiger partial charge in [-0.3, -0.25) is 9.69 Å². The number of anilines is 1. The Balaban J connectivity index is 1.92. The van der Waals surface area contributed by atoms with Crippen LogP contribution in [0.3, 0.4) is 0 Å². The van der Waals surface area contributed by atoms with E-state index in [9.17, 15) is 9.59 Å². The van der Waals surface area contributed by atoms with Gasteiger partial charge in [-0.05, 0) is 17.7 Å². The standard InChI is InChI=1S/C14H18N2O4/c1-10(17)15-12-4-2-11(3-5-12)8-16-6-7-20-13(9-16)14(18)19/h2-5,13H,6-9H2,1H3,(H,15,17)(H,18,19). The van der Waals surface area contributed by atoms with Crippen LogP contribution in [-0.4, -0.2) is 47.7 Å². The van der Waals surface area contributed by atoms with Crippen LogP contribution in [0.4, 0.5) is 5.69 Å². The first-order valence-electron chi connectivity index (χ1n) is 6.48. The van der Waals surface area contributed by atoms with Crippen LogP contribution in [0.2, 0.25) is 0 Å². The zero-order valence-electron chi connectivity index (χ0n) is 11.3. The minimum Gasteiger partial charge on any atom is -0.479 e. The molecule has 6 heteroatoms. The van der Waals surface area contributed by atoms with Crippen molar-refractivity contribution in [1.82, 2.24) is 4.90 Å². The van der Waals surface area contributed by atoms with Gasteiger partial charge in [0.1, 0.15) is 0 Å². The third-order valence-corrected chi connectivity index (χ3v) is 3.11. The fourth-order valence-corrected chi connectivity index (χ4v) is 2.15. The highest BCUT2D eigenvalue weighted by Crippen LogP contribution is 2.14. The number of carbonyl (C=O) groups excluding carboxylic acids is 1. The Morgan fingerprint density at radius 3 is 2.70 bits per heavy atom. The van der Waals surface area contributed by atoms with Crippen molar-refractivity contribution in [2.75, 3.05) is 25.0 Å². The zero-order chi connectivity index (χ0) is 14.5. The van der Waals surface area contributed by atoms with E-state index < -0.39 is 12.1 Å². The number of carboxylic acid groups (broad SMARTS) is 1. The third kappa shape index (κ3) is 4.04. The first kappa shape index (κ1) is 14.5. The number of carboxylic acids is 1. The quantitative estimate of drug-likeness (QED) is 0.856. The Bertz CT molecular complexity index is 486. The number of amides is 1. The van der Waals surface area contributed by atoms with E-state index in [0.717, 1.165) is 17.8 Å². The van der Waals surface area contributed by atoms with E-state index in [2.05, 4.69) is 10.2 Å². The molecule has 1 aliphatic heterocycles. The molecule has 1 amide bonds. The summed E-state index contributed by atoms with van der Waals surface area (Å²) in [5.74, 6) is -1.02. The average molecular weight is 278 g/mol. The lowest BCUT2D eigenvalue weighted by Gasteiger charge is -2.30. The van der Waals surface area contributed by atoms with Crippen LogP contribution in [0, 0.1) is 0 Å². The van der Waals surface area contributed by atoms with Gasteiger partial charge in [0.25, 0.3) is 0 Å². The summed E-state index contributed by atoms with van der Waals surface area (Å²) in [7, 11) is 0. The molecule has 1 aromatic carbocycles. The van der Waals surface area contributed by atoms with Gasteiger partial charge in [0, 0.05) is 32.2 Å². The second kappa shape index (κ2) is 6.49. The molecule has 2 N–H and O–H groups in total. The number of hydrogen-bond donors (Lipinski definition) is 2. The van der Waals surface area contributed by atoms with Gasteiger partial charge in [-0.1, -0.05) is 12.1 Å². The number of benzene rings is 1. The highest BCUT2D eigenvalue weighted by Gasteiger charge is 2.25. The minimum atomic E-state index is -0.921. The van der Waals surface area contributed by atoms with Crippen molar-refractivity contribution in [3.8, 4) is 0 Å². The largest absolute Gasteiger partial charge is 0.479 e. The molecule has 2 rings (SSSR count). The van der Waals surface area contributed by atoms with Crippen molar-refractivity contribution in [2.45, 2.75) is 19.6 Å². The number of ether oxygens (including phenoxy) is 1. The maximum Gasteiger partial charge on any atom is 0.334 e. The fourth-order valence-electron chi connectivity index (χ4n) is 2.15. The average Bonchev–Trinajstić information content (AvgIpc) is 2.41. The molecule has 0 spiro atoms. The smallest absolute Gasteiger partial charge is 0.334 e. The molecule has 1 aliphatic rings. The molecule has 6 nitrogen and oxygen atoms in total. The monoisotopic (exact) mass is 278 g/mol. The van der Waals surface area contributed by atoms with Crippen molar-refractivity contribution in [3.05, 3.63) is 29.8 Å². The number of morpholine rings is 1. The number of carbonyl (C=O) groups is 2. The molecule has 1 saturated heterocycles. The summed E-state index contributed by atoms with van der Waals surface area (Å²) < 4.78 is 5.18. The summed E-state index contributed by atoms with van der Waals surface area (Å²) in [4.78, 5) is 23.9. The van der Waals surface area contributed by atoms with Crippen LogP contribution in [0.25, 0.3) is 0 Å². The van der Waals surface area contributed by atoms with E-state index in [4.69, 9.17) is 9.84 Å². The fraction of sp³-hybridized carbons (Fsp3) is 0.429. The SMILES string of the molecule is CC(=O)Nc1ccc(CN2CCOC(C(=O)O)C2)cc1. The highest BCUT2D eigenvalue weighted by molar-refractivity contribution is 5.88. The maximum atomic E-state index is 10.9. The van der Waals surface area contributed by atoms with E-state index in [0.29, 0.717) is 19.7 Å². The van der Waals surface area contributed by atoms with Gasteiger partial charge in [0.2, 0.25) is 5.91 Å². The second-order valence-electron chi connectivity index (χ2n) is 4.81. The predicted molar refractivity (Wildman–Crippen MR) is 73.4 cm³/mol. The van der Waals surface area contributed by atoms with Crippen molar-refractivity contribution in [1.29, 1.82) is 0 Å². The lowest BCUT2D eigenvalue weighted by Crippen LogP contribution is -2.45. The summed E-state index contributed by atoms with van der Waals surface area (Å²) in [5, 5.41) is 11.7. The minimum absolute atomic E-state index is 0.102. The van der Waals surface area contributed by atoms with Gasteiger partial charge in [-0.2, -0.15) is 0 Å². The van der Waals surface area contributed by atoms with E-state index >= 15 is 0 Å². The van der Waals surface area contributed by atoms with Crippen molar-refractivity contribution >= 4 is 17.6 Å². The number of nitrogens with one attached hydrogen (secondary N) is 1. The van der Waals surface area contributed by atoms with Crippen LogP contribution < -0.4 is 5.32 Å². The van der Waals surface area contributed by atoms with Gasteiger partial charge in [-0.25, -0.2) is 4.79 Å². The maximum absolute atomic E-state index is 10.9. The van der Waals surface area contributed by atoms with E-state index in [1.165, 1.54) is 6.92 Å². The van der Waals surface area contributed by atoms with Crippen LogP contribution in [0.1, 0.15) is 12.5 Å². The van der Waals surface area contributed by atoms with E-state index in [1.807, 2.05) is 24.3 Å². The molecule has 108 valence electrons. The molecule has 1 fully saturated rings. The first-order valence-corrected chi connectivity index (χ1v) is 6.48. The van der Waals surface area contributed by atoms with Crippen LogP contribution in [0.15, 0.2) is 24.3 Å². The van der Waals surface area contributed by atoms with Crippen molar-refractivity contribution in [3.63, 3.8) is 0 Å². The Labute approximate surface area is 117 Å². The molecule has 0 saturated carbocycles. The van der Waals surface area contributed by atoms with Crippen LogP contribution in [-0.2, 0) is 20.9 Å². The lowest BCUT2D eigenvalue weighted by molar-refractivity contribution is -0.156. The molecule has 1 unspecified atom stereocenters. The molecule has 1 heterocycles. The Kier molecular flexibility index (Phi) is 4.70. The molecule has 20 heavy (non-hydrogen) atoms. The van der Waals surface area contributed by atoms with Gasteiger partial charge >= 0.3 is 5.97 Å². The molecule has 0 aliphatic carbocycles. The molecule has 1 aromatic rings. The third-order valence-electron chi connectivity index (χ3n) is 3.11. The van der Waals surface area contributed by atoms with Crippen LogP contribution in [0.5, 0.6) is 0 Å². The summed E-state index contributed by atoms with van der Waals surface area (Å²) in [5.41, 5.74) is 1.83. The van der Waals surface area contributed by atoms with E-state index in [1.54, 1.807) is 0 Å². The normalized spacial score (nSPS) is 19.6. The van der Waals surface area contributed by atoms with Gasteiger partial charge in [0.05, 0.1) is 6.61 Å². The number of nitrogens with zero attached hydrogens (tertiary/aromatic N) is 1. The number of hydrogen-bond acceptors (Lipinski definition) is 4. The highest BCUT2D eigenvalue weighted by atomic mass is 16.5. The molecule has 0 aromatic heterocycles. The predicted octanol–water partition coefficient (Wildman–Crippen LogP) is 0.930. The molecule has 0 radical (unpaired) electrons. The Morgan fingerprint density at radius 2 is 2.10 bits per heavy atom. The molecule has 1 atom stereocenters. The van der Waals surface area contributed by atoms with Gasteiger partial charge < -0.3 is 15.2 Å². The molecular weight excluding hydrogens is 260 g/mol. The molecule has 0 bridgehead atoms. The molecular formula is C14H18N2O4. The number of aliphatic carboxylic acids is 1. The van der Waals surface area contributed by atoms with Gasteiger partial charge in [0.15, 0.2) is 6.10 Å².